The fourth-order valence-electron chi connectivity index (χ4n) is 2.86. The molecule has 0 bridgehead atoms. The second kappa shape index (κ2) is 5.69. The summed E-state index contributed by atoms with van der Waals surface area (Å²) in [4.78, 5) is 0. The second-order valence-electron chi connectivity index (χ2n) is 6.09. The Kier molecular flexibility index (Phi) is 3.72. The molecule has 0 spiro atoms. The van der Waals surface area contributed by atoms with Crippen LogP contribution in [0.15, 0.2) is 78.9 Å². The molecule has 0 saturated heterocycles. The predicted octanol–water partition coefficient (Wildman–Crippen LogP) is 5.39. The van der Waals surface area contributed by atoms with E-state index in [4.69, 9.17) is 0 Å². The first-order valence-electron chi connectivity index (χ1n) is 7.53. The van der Waals surface area contributed by atoms with Crippen LogP contribution in [0.1, 0.15) is 25.0 Å². The van der Waals surface area contributed by atoms with Crippen LogP contribution in [0.25, 0.3) is 11.1 Å². The first-order valence-corrected chi connectivity index (χ1v) is 7.53. The lowest BCUT2D eigenvalue weighted by atomic mass is 9.77. The lowest BCUT2D eigenvalue weighted by Gasteiger charge is -2.27. The molecule has 0 aromatic heterocycles. The lowest BCUT2D eigenvalue weighted by Crippen LogP contribution is -2.19. The maximum Gasteiger partial charge on any atom is 0.119 e. The molecule has 0 unspecified atom stereocenters. The molecular weight excluding hydrogens is 268 g/mol. The van der Waals surface area contributed by atoms with Gasteiger partial charge in [0.15, 0.2) is 0 Å². The van der Waals surface area contributed by atoms with E-state index in [1.165, 1.54) is 5.56 Å². The van der Waals surface area contributed by atoms with Gasteiger partial charge < -0.3 is 5.11 Å². The van der Waals surface area contributed by atoms with Gasteiger partial charge in [0.05, 0.1) is 0 Å². The van der Waals surface area contributed by atoms with Crippen molar-refractivity contribution in [2.45, 2.75) is 19.3 Å². The molecule has 1 N–H and O–H groups in total. The third kappa shape index (κ3) is 2.62. The number of hydrogen-bond donors (Lipinski definition) is 1. The maximum absolute atomic E-state index is 10.4. The van der Waals surface area contributed by atoms with Crippen molar-refractivity contribution in [3.8, 4) is 16.9 Å². The van der Waals surface area contributed by atoms with Crippen LogP contribution in [0.3, 0.4) is 0 Å². The van der Waals surface area contributed by atoms with E-state index in [0.717, 1.165) is 16.7 Å². The van der Waals surface area contributed by atoms with Crippen LogP contribution in [0.4, 0.5) is 0 Å². The van der Waals surface area contributed by atoms with Crippen molar-refractivity contribution in [3.05, 3.63) is 90.0 Å². The highest BCUT2D eigenvalue weighted by molar-refractivity contribution is 5.66. The van der Waals surface area contributed by atoms with Crippen LogP contribution < -0.4 is 0 Å². The Balaban J connectivity index is 2.11. The molecule has 110 valence electrons. The number of benzene rings is 3. The highest BCUT2D eigenvalue weighted by Gasteiger charge is 2.26. The molecule has 0 heterocycles. The fourth-order valence-corrected chi connectivity index (χ4v) is 2.86. The van der Waals surface area contributed by atoms with Crippen LogP contribution in [0.5, 0.6) is 5.75 Å². The van der Waals surface area contributed by atoms with E-state index in [1.807, 2.05) is 42.5 Å². The van der Waals surface area contributed by atoms with E-state index < -0.39 is 0 Å². The van der Waals surface area contributed by atoms with E-state index in [9.17, 15) is 5.11 Å². The summed E-state index contributed by atoms with van der Waals surface area (Å²) in [6.07, 6.45) is 0. The molecule has 0 saturated carbocycles. The SMILES string of the molecule is CC(C)(c1ccccc1)c1cc(-c2ccccc2)ccc1O. The quantitative estimate of drug-likeness (QED) is 0.685. The second-order valence-corrected chi connectivity index (χ2v) is 6.09. The Bertz CT molecular complexity index is 758. The Hall–Kier alpha value is -2.54. The van der Waals surface area contributed by atoms with Crippen molar-refractivity contribution in [3.63, 3.8) is 0 Å². The van der Waals surface area contributed by atoms with Crippen molar-refractivity contribution >= 4 is 0 Å². The highest BCUT2D eigenvalue weighted by Crippen LogP contribution is 2.38. The number of hydrogen-bond acceptors (Lipinski definition) is 1. The topological polar surface area (TPSA) is 20.2 Å². The Morgan fingerprint density at radius 3 is 1.91 bits per heavy atom. The minimum absolute atomic E-state index is 0.254. The van der Waals surface area contributed by atoms with Crippen molar-refractivity contribution < 1.29 is 5.11 Å². The number of phenols is 1. The van der Waals surface area contributed by atoms with Gasteiger partial charge in [0.25, 0.3) is 0 Å². The summed E-state index contributed by atoms with van der Waals surface area (Å²) < 4.78 is 0. The zero-order valence-electron chi connectivity index (χ0n) is 13.0. The van der Waals surface area contributed by atoms with Gasteiger partial charge in [-0.3, -0.25) is 0 Å². The molecule has 3 aromatic carbocycles. The van der Waals surface area contributed by atoms with E-state index >= 15 is 0 Å². The zero-order valence-corrected chi connectivity index (χ0v) is 13.0. The molecule has 1 nitrogen and oxygen atoms in total. The summed E-state index contributed by atoms with van der Waals surface area (Å²) in [6, 6.07) is 26.4. The molecule has 3 aromatic rings. The number of rotatable bonds is 3. The summed E-state index contributed by atoms with van der Waals surface area (Å²) in [5, 5.41) is 10.4. The van der Waals surface area contributed by atoms with Crippen molar-refractivity contribution in [2.75, 3.05) is 0 Å². The monoisotopic (exact) mass is 288 g/mol. The van der Waals surface area contributed by atoms with Crippen molar-refractivity contribution in [1.82, 2.24) is 0 Å². The van der Waals surface area contributed by atoms with Gasteiger partial charge in [-0.05, 0) is 28.8 Å². The molecule has 1 heteroatoms. The Morgan fingerprint density at radius 1 is 0.682 bits per heavy atom. The lowest BCUT2D eigenvalue weighted by molar-refractivity contribution is 0.453. The molecule has 3 rings (SSSR count). The van der Waals surface area contributed by atoms with E-state index in [1.54, 1.807) is 6.07 Å². The minimum atomic E-state index is -0.254. The van der Waals surface area contributed by atoms with E-state index in [2.05, 4.69) is 44.2 Å². The molecular formula is C21H20O. The highest BCUT2D eigenvalue weighted by atomic mass is 16.3. The van der Waals surface area contributed by atoms with Crippen LogP contribution in [0, 0.1) is 0 Å². The molecule has 0 fully saturated rings. The molecule has 0 atom stereocenters. The maximum atomic E-state index is 10.4. The number of aromatic hydroxyl groups is 1. The van der Waals surface area contributed by atoms with Crippen LogP contribution in [0.2, 0.25) is 0 Å². The summed E-state index contributed by atoms with van der Waals surface area (Å²) in [6.45, 7) is 4.29. The molecule has 0 aliphatic carbocycles. The van der Waals surface area contributed by atoms with Gasteiger partial charge in [-0.2, -0.15) is 0 Å². The van der Waals surface area contributed by atoms with Crippen molar-refractivity contribution in [1.29, 1.82) is 0 Å². The first-order chi connectivity index (χ1) is 10.6. The molecule has 0 radical (unpaired) electrons. The third-order valence-electron chi connectivity index (χ3n) is 4.27. The van der Waals surface area contributed by atoms with Gasteiger partial charge in [0.2, 0.25) is 0 Å². The van der Waals surface area contributed by atoms with E-state index in [0.29, 0.717) is 5.75 Å². The first kappa shape index (κ1) is 14.4. The summed E-state index contributed by atoms with van der Waals surface area (Å²) in [5.74, 6) is 0.341. The average Bonchev–Trinajstić information content (AvgIpc) is 2.57. The Morgan fingerprint density at radius 2 is 1.27 bits per heavy atom. The van der Waals surface area contributed by atoms with Gasteiger partial charge in [-0.1, -0.05) is 80.6 Å². The van der Waals surface area contributed by atoms with Gasteiger partial charge in [0.1, 0.15) is 5.75 Å². The zero-order chi connectivity index (χ0) is 15.6. The summed E-state index contributed by atoms with van der Waals surface area (Å²) >= 11 is 0. The summed E-state index contributed by atoms with van der Waals surface area (Å²) in [7, 11) is 0. The third-order valence-corrected chi connectivity index (χ3v) is 4.27. The largest absolute Gasteiger partial charge is 0.508 e. The van der Waals surface area contributed by atoms with Crippen LogP contribution in [-0.2, 0) is 5.41 Å². The fraction of sp³-hybridized carbons (Fsp3) is 0.143. The minimum Gasteiger partial charge on any atom is -0.508 e. The van der Waals surface area contributed by atoms with Gasteiger partial charge in [-0.15, -0.1) is 0 Å². The molecule has 22 heavy (non-hydrogen) atoms. The average molecular weight is 288 g/mol. The predicted molar refractivity (Wildman–Crippen MR) is 92.1 cm³/mol. The normalized spacial score (nSPS) is 11.4. The van der Waals surface area contributed by atoms with Gasteiger partial charge >= 0.3 is 0 Å². The number of phenolic OH excluding ortho intramolecular Hbond substituents is 1. The van der Waals surface area contributed by atoms with Crippen LogP contribution in [-0.4, -0.2) is 5.11 Å². The Labute approximate surface area is 131 Å². The van der Waals surface area contributed by atoms with Crippen molar-refractivity contribution in [2.24, 2.45) is 0 Å². The molecule has 0 aliphatic rings. The summed E-state index contributed by atoms with van der Waals surface area (Å²) in [5.41, 5.74) is 4.16. The standard InChI is InChI=1S/C21H20O/c1-21(2,18-11-7-4-8-12-18)19-15-17(13-14-20(19)22)16-9-5-3-6-10-16/h3-15,22H,1-2H3. The smallest absolute Gasteiger partial charge is 0.119 e. The molecule has 0 aliphatic heterocycles. The van der Waals surface area contributed by atoms with E-state index in [-0.39, 0.29) is 5.41 Å². The van der Waals surface area contributed by atoms with Gasteiger partial charge in [0, 0.05) is 11.0 Å². The molecule has 0 amide bonds. The van der Waals surface area contributed by atoms with Crippen LogP contribution >= 0.6 is 0 Å². The van der Waals surface area contributed by atoms with Gasteiger partial charge in [-0.25, -0.2) is 0 Å².